The molecule has 0 spiro atoms. The van der Waals surface area contributed by atoms with E-state index < -0.39 is 12.0 Å². The lowest BCUT2D eigenvalue weighted by Gasteiger charge is -1.97. The fourth-order valence-electron chi connectivity index (χ4n) is 0.829. The maximum Gasteiger partial charge on any atom is 0.452 e. The summed E-state index contributed by atoms with van der Waals surface area (Å²) >= 11 is 3.77. The molecule has 0 amide bonds. The Morgan fingerprint density at radius 3 is 2.60 bits per heavy atom. The van der Waals surface area contributed by atoms with Gasteiger partial charge in [-0.15, -0.1) is 0 Å². The topological polar surface area (TPSA) is 43.6 Å². The van der Waals surface area contributed by atoms with Crippen molar-refractivity contribution >= 4 is 27.5 Å². The molecule has 2 aromatic rings. The van der Waals surface area contributed by atoms with Gasteiger partial charge in [0.15, 0.2) is 0 Å². The Labute approximate surface area is 94.0 Å². The lowest BCUT2D eigenvalue weighted by atomic mass is 10.6. The lowest BCUT2D eigenvalue weighted by Crippen LogP contribution is -2.07. The lowest BCUT2D eigenvalue weighted by molar-refractivity contribution is -0.144. The second kappa shape index (κ2) is 3.56. The predicted molar refractivity (Wildman–Crippen MR) is 49.7 cm³/mol. The first-order valence-corrected chi connectivity index (χ1v) is 5.15. The van der Waals surface area contributed by atoms with Gasteiger partial charge in [-0.25, -0.2) is 4.68 Å². The van der Waals surface area contributed by atoms with Crippen LogP contribution in [0.2, 0.25) is 0 Å². The monoisotopic (exact) mass is 298 g/mol. The van der Waals surface area contributed by atoms with E-state index in [0.29, 0.717) is 16.0 Å². The maximum absolute atomic E-state index is 12.2. The van der Waals surface area contributed by atoms with Crippen molar-refractivity contribution in [2.45, 2.75) is 6.18 Å². The molecule has 0 fully saturated rings. The van der Waals surface area contributed by atoms with E-state index in [2.05, 4.69) is 30.4 Å². The van der Waals surface area contributed by atoms with Crippen LogP contribution in [-0.2, 0) is 6.18 Å². The summed E-state index contributed by atoms with van der Waals surface area (Å²) in [7, 11) is 0. The highest BCUT2D eigenvalue weighted by atomic mass is 79.9. The summed E-state index contributed by atoms with van der Waals surface area (Å²) < 4.78 is 41.6. The SMILES string of the molecule is FC(F)(F)c1nsc(-n2cc(Br)cn2)n1. The second-order valence-electron chi connectivity index (χ2n) is 2.50. The molecule has 0 bridgehead atoms. The molecule has 0 atom stereocenters. The average molecular weight is 299 g/mol. The highest BCUT2D eigenvalue weighted by molar-refractivity contribution is 9.10. The van der Waals surface area contributed by atoms with Crippen molar-refractivity contribution in [3.63, 3.8) is 0 Å². The van der Waals surface area contributed by atoms with E-state index in [1.807, 2.05) is 0 Å². The Morgan fingerprint density at radius 2 is 2.13 bits per heavy atom. The van der Waals surface area contributed by atoms with Crippen molar-refractivity contribution in [3.8, 4) is 5.13 Å². The van der Waals surface area contributed by atoms with Crippen LogP contribution in [-0.4, -0.2) is 19.1 Å². The molecule has 0 saturated carbocycles. The van der Waals surface area contributed by atoms with Crippen LogP contribution in [0.5, 0.6) is 0 Å². The molecule has 0 unspecified atom stereocenters. The molecule has 0 saturated heterocycles. The minimum atomic E-state index is -4.51. The number of halogens is 4. The Bertz CT molecular complexity index is 477. The van der Waals surface area contributed by atoms with Crippen LogP contribution >= 0.6 is 27.5 Å². The van der Waals surface area contributed by atoms with Crippen molar-refractivity contribution in [3.05, 3.63) is 22.7 Å². The molecule has 9 heteroatoms. The summed E-state index contributed by atoms with van der Waals surface area (Å²) in [5.74, 6) is -1.14. The van der Waals surface area contributed by atoms with E-state index in [0.717, 1.165) is 0 Å². The highest BCUT2D eigenvalue weighted by Crippen LogP contribution is 2.28. The number of aromatic nitrogens is 4. The zero-order valence-corrected chi connectivity index (χ0v) is 9.27. The van der Waals surface area contributed by atoms with Gasteiger partial charge in [0.1, 0.15) is 0 Å². The van der Waals surface area contributed by atoms with E-state index in [1.54, 1.807) is 0 Å². The van der Waals surface area contributed by atoms with Crippen molar-refractivity contribution in [1.82, 2.24) is 19.1 Å². The summed E-state index contributed by atoms with van der Waals surface area (Å²) in [6.07, 6.45) is -1.56. The molecule has 15 heavy (non-hydrogen) atoms. The van der Waals surface area contributed by atoms with Crippen LogP contribution in [0.25, 0.3) is 5.13 Å². The van der Waals surface area contributed by atoms with Crippen molar-refractivity contribution in [2.75, 3.05) is 0 Å². The molecule has 0 aliphatic heterocycles. The summed E-state index contributed by atoms with van der Waals surface area (Å²) in [5, 5.41) is 3.87. The first kappa shape index (κ1) is 10.6. The zero-order chi connectivity index (χ0) is 11.1. The molecule has 4 nitrogen and oxygen atoms in total. The summed E-state index contributed by atoms with van der Waals surface area (Å²) in [4.78, 5) is 3.33. The average Bonchev–Trinajstić information content (AvgIpc) is 2.69. The minimum absolute atomic E-state index is 0.0769. The van der Waals surface area contributed by atoms with Gasteiger partial charge in [-0.1, -0.05) is 0 Å². The van der Waals surface area contributed by atoms with Crippen molar-refractivity contribution in [2.24, 2.45) is 0 Å². The Kier molecular flexibility index (Phi) is 2.51. The molecule has 2 aromatic heterocycles. The van der Waals surface area contributed by atoms with E-state index in [4.69, 9.17) is 0 Å². The summed E-state index contributed by atoms with van der Waals surface area (Å²) in [6, 6.07) is 0. The number of hydrogen-bond acceptors (Lipinski definition) is 4. The standard InChI is InChI=1S/C6H2BrF3N4S/c7-3-1-11-14(2-3)5-12-4(13-15-5)6(8,9)10/h1-2H. The number of rotatable bonds is 1. The van der Waals surface area contributed by atoms with E-state index >= 15 is 0 Å². The molecular weight excluding hydrogens is 297 g/mol. The van der Waals surface area contributed by atoms with Gasteiger partial charge in [0, 0.05) is 17.7 Å². The third-order valence-electron chi connectivity index (χ3n) is 1.42. The molecule has 80 valence electrons. The third-order valence-corrected chi connectivity index (χ3v) is 2.53. The van der Waals surface area contributed by atoms with Crippen molar-refractivity contribution < 1.29 is 13.2 Å². The van der Waals surface area contributed by atoms with Gasteiger partial charge in [-0.2, -0.15) is 27.6 Å². The third kappa shape index (κ3) is 2.17. The van der Waals surface area contributed by atoms with Crippen LogP contribution in [0.15, 0.2) is 16.9 Å². The van der Waals surface area contributed by atoms with Gasteiger partial charge in [0.2, 0.25) is 11.0 Å². The molecule has 0 aromatic carbocycles. The normalized spacial score (nSPS) is 12.0. The van der Waals surface area contributed by atoms with Gasteiger partial charge >= 0.3 is 6.18 Å². The van der Waals surface area contributed by atoms with Gasteiger partial charge in [0.05, 0.1) is 10.7 Å². The van der Waals surface area contributed by atoms with Crippen LogP contribution < -0.4 is 0 Å². The zero-order valence-electron chi connectivity index (χ0n) is 6.86. The molecule has 0 aliphatic rings. The van der Waals surface area contributed by atoms with Crippen LogP contribution in [0.3, 0.4) is 0 Å². The Hall–Kier alpha value is -0.960. The molecular formula is C6H2BrF3N4S. The second-order valence-corrected chi connectivity index (χ2v) is 4.15. The highest BCUT2D eigenvalue weighted by Gasteiger charge is 2.36. The largest absolute Gasteiger partial charge is 0.452 e. The van der Waals surface area contributed by atoms with Crippen molar-refractivity contribution in [1.29, 1.82) is 0 Å². The van der Waals surface area contributed by atoms with Gasteiger partial charge < -0.3 is 0 Å². The number of alkyl halides is 3. The quantitative estimate of drug-likeness (QED) is 0.812. The molecule has 2 heterocycles. The fraction of sp³-hybridized carbons (Fsp3) is 0.167. The van der Waals surface area contributed by atoms with Crippen LogP contribution in [0, 0.1) is 0 Å². The van der Waals surface area contributed by atoms with E-state index in [9.17, 15) is 13.2 Å². The van der Waals surface area contributed by atoms with Gasteiger partial charge in [0.25, 0.3) is 0 Å². The molecule has 0 N–H and O–H groups in total. The van der Waals surface area contributed by atoms with Gasteiger partial charge in [-0.3, -0.25) is 0 Å². The molecule has 2 rings (SSSR count). The Balaban J connectivity index is 2.36. The summed E-state index contributed by atoms with van der Waals surface area (Å²) in [5.41, 5.74) is 0. The smallest absolute Gasteiger partial charge is 0.211 e. The predicted octanol–water partition coefficient (Wildman–Crippen LogP) is 2.51. The number of hydrogen-bond donors (Lipinski definition) is 0. The maximum atomic E-state index is 12.2. The molecule has 0 aliphatic carbocycles. The van der Waals surface area contributed by atoms with Crippen LogP contribution in [0.1, 0.15) is 5.82 Å². The fourth-order valence-corrected chi connectivity index (χ4v) is 1.74. The number of nitrogens with zero attached hydrogens (tertiary/aromatic N) is 4. The Morgan fingerprint density at radius 1 is 1.40 bits per heavy atom. The minimum Gasteiger partial charge on any atom is -0.211 e. The van der Waals surface area contributed by atoms with Gasteiger partial charge in [-0.05, 0) is 15.9 Å². The summed E-state index contributed by atoms with van der Waals surface area (Å²) in [6.45, 7) is 0. The molecule has 0 radical (unpaired) electrons. The van der Waals surface area contributed by atoms with E-state index in [-0.39, 0.29) is 5.13 Å². The van der Waals surface area contributed by atoms with E-state index in [1.165, 1.54) is 17.1 Å². The first-order chi connectivity index (χ1) is 6.97. The first-order valence-electron chi connectivity index (χ1n) is 3.58. The van der Waals surface area contributed by atoms with Crippen LogP contribution in [0.4, 0.5) is 13.2 Å².